The second kappa shape index (κ2) is 5.53. The first-order valence-corrected chi connectivity index (χ1v) is 7.11. The molecule has 0 spiro atoms. The number of nitrogens with zero attached hydrogens (tertiary/aromatic N) is 2. The van der Waals surface area contributed by atoms with Crippen molar-refractivity contribution >= 4 is 33.3 Å². The smallest absolute Gasteiger partial charge is 0.348 e. The maximum atomic E-state index is 11.8. The van der Waals surface area contributed by atoms with Gasteiger partial charge in [-0.1, -0.05) is 0 Å². The number of fused-ring (bicyclic) bond motifs is 1. The number of methoxy groups -OCH3 is 1. The van der Waals surface area contributed by atoms with Crippen molar-refractivity contribution in [2.45, 2.75) is 13.5 Å². The number of rotatable bonds is 4. The van der Waals surface area contributed by atoms with Crippen molar-refractivity contribution in [1.82, 2.24) is 9.97 Å². The largest absolute Gasteiger partial charge is 0.467 e. The van der Waals surface area contributed by atoms with E-state index in [1.54, 1.807) is 6.26 Å². The fourth-order valence-electron chi connectivity index (χ4n) is 2.08. The van der Waals surface area contributed by atoms with E-state index in [2.05, 4.69) is 15.3 Å². The maximum Gasteiger partial charge on any atom is 0.348 e. The number of aromatic nitrogens is 2. The molecular weight excluding hydrogens is 290 g/mol. The summed E-state index contributed by atoms with van der Waals surface area (Å²) in [6.07, 6.45) is 3.10. The number of hydrogen-bond acceptors (Lipinski definition) is 7. The average molecular weight is 303 g/mol. The minimum Gasteiger partial charge on any atom is -0.467 e. The lowest BCUT2D eigenvalue weighted by molar-refractivity contribution is 0.0605. The van der Waals surface area contributed by atoms with Gasteiger partial charge in [0.1, 0.15) is 27.6 Å². The van der Waals surface area contributed by atoms with Gasteiger partial charge in [0.2, 0.25) is 0 Å². The predicted molar refractivity (Wildman–Crippen MR) is 79.5 cm³/mol. The van der Waals surface area contributed by atoms with Crippen LogP contribution in [0, 0.1) is 6.92 Å². The van der Waals surface area contributed by atoms with Gasteiger partial charge in [-0.2, -0.15) is 0 Å². The zero-order chi connectivity index (χ0) is 14.8. The first-order valence-electron chi connectivity index (χ1n) is 6.29. The van der Waals surface area contributed by atoms with Crippen molar-refractivity contribution in [3.8, 4) is 0 Å². The standard InChI is InChI=1S/C14H13N3O3S/c1-8-10-12(15-6-9-4-3-5-20-9)16-7-17-13(10)21-11(8)14(18)19-2/h3-5,7H,6H2,1-2H3,(H,15,16,17). The molecule has 21 heavy (non-hydrogen) atoms. The number of anilines is 1. The van der Waals surface area contributed by atoms with Crippen LogP contribution in [0.25, 0.3) is 10.2 Å². The Balaban J connectivity index is 1.98. The second-order valence-electron chi connectivity index (χ2n) is 4.38. The van der Waals surface area contributed by atoms with E-state index in [9.17, 15) is 4.79 Å². The van der Waals surface area contributed by atoms with Gasteiger partial charge in [-0.3, -0.25) is 0 Å². The van der Waals surface area contributed by atoms with E-state index in [0.717, 1.165) is 21.5 Å². The monoisotopic (exact) mass is 303 g/mol. The van der Waals surface area contributed by atoms with Crippen molar-refractivity contribution in [2.24, 2.45) is 0 Å². The first kappa shape index (κ1) is 13.6. The highest BCUT2D eigenvalue weighted by molar-refractivity contribution is 7.20. The third kappa shape index (κ3) is 2.47. The van der Waals surface area contributed by atoms with Gasteiger partial charge in [0.25, 0.3) is 0 Å². The van der Waals surface area contributed by atoms with Crippen molar-refractivity contribution in [1.29, 1.82) is 0 Å². The number of ether oxygens (including phenoxy) is 1. The highest BCUT2D eigenvalue weighted by atomic mass is 32.1. The molecule has 7 heteroatoms. The van der Waals surface area contributed by atoms with Crippen molar-refractivity contribution in [3.05, 3.63) is 40.9 Å². The van der Waals surface area contributed by atoms with Crippen molar-refractivity contribution < 1.29 is 13.9 Å². The minimum atomic E-state index is -0.354. The van der Waals surface area contributed by atoms with E-state index in [1.807, 2.05) is 19.1 Å². The molecule has 0 atom stereocenters. The summed E-state index contributed by atoms with van der Waals surface area (Å²) in [5.74, 6) is 1.13. The Morgan fingerprint density at radius 1 is 1.48 bits per heavy atom. The van der Waals surface area contributed by atoms with Gasteiger partial charge in [-0.05, 0) is 24.6 Å². The number of esters is 1. The molecule has 3 rings (SSSR count). The third-order valence-corrected chi connectivity index (χ3v) is 4.29. The van der Waals surface area contributed by atoms with Crippen LogP contribution in [0.5, 0.6) is 0 Å². The van der Waals surface area contributed by atoms with Gasteiger partial charge >= 0.3 is 5.97 Å². The van der Waals surface area contributed by atoms with Crippen LogP contribution in [-0.2, 0) is 11.3 Å². The topological polar surface area (TPSA) is 77.2 Å². The van der Waals surface area contributed by atoms with Gasteiger partial charge in [-0.15, -0.1) is 11.3 Å². The highest BCUT2D eigenvalue weighted by Gasteiger charge is 2.19. The van der Waals surface area contributed by atoms with Crippen molar-refractivity contribution in [2.75, 3.05) is 12.4 Å². The Bertz CT molecular complexity index is 780. The van der Waals surface area contributed by atoms with Crippen LogP contribution in [0.2, 0.25) is 0 Å². The molecule has 0 aliphatic heterocycles. The molecule has 0 aliphatic rings. The normalized spacial score (nSPS) is 10.8. The van der Waals surface area contributed by atoms with Gasteiger partial charge in [-0.25, -0.2) is 14.8 Å². The summed E-state index contributed by atoms with van der Waals surface area (Å²) in [5, 5.41) is 4.05. The fraction of sp³-hybridized carbons (Fsp3) is 0.214. The number of thiophene rings is 1. The van der Waals surface area contributed by atoms with Crippen LogP contribution < -0.4 is 5.32 Å². The molecule has 3 aromatic rings. The summed E-state index contributed by atoms with van der Waals surface area (Å²) in [6.45, 7) is 2.38. The van der Waals surface area contributed by atoms with Gasteiger partial charge in [0.05, 0.1) is 25.3 Å². The number of carbonyl (C=O) groups is 1. The van der Waals surface area contributed by atoms with Crippen LogP contribution in [0.4, 0.5) is 5.82 Å². The molecular formula is C14H13N3O3S. The molecule has 3 heterocycles. The lowest BCUT2D eigenvalue weighted by Gasteiger charge is -2.05. The van der Waals surface area contributed by atoms with E-state index in [4.69, 9.17) is 9.15 Å². The van der Waals surface area contributed by atoms with Gasteiger partial charge < -0.3 is 14.5 Å². The Morgan fingerprint density at radius 2 is 2.33 bits per heavy atom. The summed E-state index contributed by atoms with van der Waals surface area (Å²) in [7, 11) is 1.37. The zero-order valence-corrected chi connectivity index (χ0v) is 12.4. The summed E-state index contributed by atoms with van der Waals surface area (Å²) >= 11 is 1.30. The predicted octanol–water partition coefficient (Wildman–Crippen LogP) is 2.99. The van der Waals surface area contributed by atoms with E-state index in [1.165, 1.54) is 24.8 Å². The second-order valence-corrected chi connectivity index (χ2v) is 5.38. The molecule has 1 N–H and O–H groups in total. The number of nitrogens with one attached hydrogen (secondary N) is 1. The van der Waals surface area contributed by atoms with Gasteiger partial charge in [0.15, 0.2) is 0 Å². The molecule has 0 unspecified atom stereocenters. The summed E-state index contributed by atoms with van der Waals surface area (Å²) in [6, 6.07) is 3.71. The van der Waals surface area contributed by atoms with Crippen LogP contribution in [0.3, 0.4) is 0 Å². The lowest BCUT2D eigenvalue weighted by atomic mass is 10.2. The SMILES string of the molecule is COC(=O)c1sc2ncnc(NCc3ccco3)c2c1C. The molecule has 0 amide bonds. The van der Waals surface area contributed by atoms with E-state index in [0.29, 0.717) is 17.2 Å². The highest BCUT2D eigenvalue weighted by Crippen LogP contribution is 2.33. The molecule has 0 aromatic carbocycles. The minimum absolute atomic E-state index is 0.354. The molecule has 6 nitrogen and oxygen atoms in total. The van der Waals surface area contributed by atoms with E-state index >= 15 is 0 Å². The average Bonchev–Trinajstić information content (AvgIpc) is 3.13. The number of carbonyl (C=O) groups excluding carboxylic acids is 1. The van der Waals surface area contributed by atoms with Crippen LogP contribution in [0.1, 0.15) is 21.0 Å². The summed E-state index contributed by atoms with van der Waals surface area (Å²) in [4.78, 5) is 21.5. The van der Waals surface area contributed by atoms with Gasteiger partial charge in [0, 0.05) is 0 Å². The molecule has 0 bridgehead atoms. The van der Waals surface area contributed by atoms with Crippen molar-refractivity contribution in [3.63, 3.8) is 0 Å². The molecule has 3 aromatic heterocycles. The molecule has 0 saturated carbocycles. The fourth-order valence-corrected chi connectivity index (χ4v) is 3.14. The number of hydrogen-bond donors (Lipinski definition) is 1. The molecule has 0 radical (unpaired) electrons. The van der Waals surface area contributed by atoms with Crippen LogP contribution >= 0.6 is 11.3 Å². The lowest BCUT2D eigenvalue weighted by Crippen LogP contribution is -2.02. The number of furan rings is 1. The maximum absolute atomic E-state index is 11.8. The third-order valence-electron chi connectivity index (χ3n) is 3.11. The summed E-state index contributed by atoms with van der Waals surface area (Å²) < 4.78 is 10.1. The zero-order valence-electron chi connectivity index (χ0n) is 11.5. The van der Waals surface area contributed by atoms with E-state index in [-0.39, 0.29) is 5.97 Å². The molecule has 108 valence electrons. The summed E-state index contributed by atoms with van der Waals surface area (Å²) in [5.41, 5.74) is 0.824. The van der Waals surface area contributed by atoms with E-state index < -0.39 is 0 Å². The molecule has 0 fully saturated rings. The Kier molecular flexibility index (Phi) is 3.57. The Hall–Kier alpha value is -2.41. The quantitative estimate of drug-likeness (QED) is 0.747. The molecule has 0 saturated heterocycles. The van der Waals surface area contributed by atoms with Crippen LogP contribution in [0.15, 0.2) is 29.1 Å². The number of aryl methyl sites for hydroxylation is 1. The Morgan fingerprint density at radius 3 is 3.05 bits per heavy atom. The van der Waals surface area contributed by atoms with Crippen LogP contribution in [-0.4, -0.2) is 23.0 Å². The molecule has 0 aliphatic carbocycles. The first-order chi connectivity index (χ1) is 10.2. The Labute approximate surface area is 124 Å².